The summed E-state index contributed by atoms with van der Waals surface area (Å²) >= 11 is 5.93. The minimum Gasteiger partial charge on any atom is -0.493 e. The number of ether oxygens (including phenoxy) is 3. The molecule has 0 saturated heterocycles. The Morgan fingerprint density at radius 1 is 1.13 bits per heavy atom. The van der Waals surface area contributed by atoms with Gasteiger partial charge in [-0.25, -0.2) is 0 Å². The van der Waals surface area contributed by atoms with Gasteiger partial charge in [0.05, 0.1) is 7.11 Å². The molecule has 0 fully saturated rings. The zero-order chi connectivity index (χ0) is 22.5. The van der Waals surface area contributed by atoms with E-state index in [1.807, 2.05) is 25.1 Å². The second-order valence-corrected chi connectivity index (χ2v) is 6.91. The number of terminal acetylenes is 1. The fourth-order valence-corrected chi connectivity index (χ4v) is 2.92. The van der Waals surface area contributed by atoms with Crippen LogP contribution in [0.4, 0.5) is 0 Å². The van der Waals surface area contributed by atoms with Gasteiger partial charge in [-0.05, 0) is 41.8 Å². The predicted octanol–water partition coefficient (Wildman–Crippen LogP) is 4.19. The van der Waals surface area contributed by atoms with Crippen LogP contribution in [0.25, 0.3) is 0 Å². The molecule has 0 aliphatic heterocycles. The Balaban J connectivity index is 1.96. The fourth-order valence-electron chi connectivity index (χ4n) is 2.79. The van der Waals surface area contributed by atoms with E-state index in [0.717, 1.165) is 12.0 Å². The number of nitrogens with one attached hydrogen (secondary N) is 1. The molecule has 0 bridgehead atoms. The molecule has 1 N–H and O–H groups in total. The number of methoxy groups -OCH3 is 1. The minimum atomic E-state index is -0.803. The summed E-state index contributed by atoms with van der Waals surface area (Å²) in [6, 6.07) is 12.6. The molecule has 2 rings (SSSR count). The van der Waals surface area contributed by atoms with E-state index in [2.05, 4.69) is 23.1 Å². The number of carbonyl (C=O) groups excluding carboxylic acids is 1. The van der Waals surface area contributed by atoms with Crippen molar-refractivity contribution in [2.75, 3.05) is 26.9 Å². The largest absolute Gasteiger partial charge is 0.493 e. The van der Waals surface area contributed by atoms with E-state index in [1.165, 1.54) is 0 Å². The van der Waals surface area contributed by atoms with Gasteiger partial charge in [-0.2, -0.15) is 0 Å². The van der Waals surface area contributed by atoms with Crippen LogP contribution in [0, 0.1) is 24.2 Å². The molecule has 162 valence electrons. The van der Waals surface area contributed by atoms with E-state index in [4.69, 9.17) is 32.2 Å². The molecule has 5 nitrogen and oxygen atoms in total. The van der Waals surface area contributed by atoms with Crippen molar-refractivity contribution in [2.24, 2.45) is 0 Å². The van der Waals surface area contributed by atoms with Gasteiger partial charge in [-0.15, -0.1) is 12.3 Å². The fraction of sp³-hybridized carbons (Fsp3) is 0.320. The Labute approximate surface area is 189 Å². The van der Waals surface area contributed by atoms with Gasteiger partial charge in [-0.1, -0.05) is 48.6 Å². The maximum atomic E-state index is 12.7. The molecule has 2 aromatic rings. The van der Waals surface area contributed by atoms with E-state index in [0.29, 0.717) is 41.7 Å². The Hall–Kier alpha value is -3.12. The van der Waals surface area contributed by atoms with Crippen molar-refractivity contribution in [3.63, 3.8) is 0 Å². The lowest BCUT2D eigenvalue weighted by atomic mass is 10.1. The van der Waals surface area contributed by atoms with Crippen LogP contribution in [0.2, 0.25) is 5.02 Å². The van der Waals surface area contributed by atoms with E-state index in [-0.39, 0.29) is 12.5 Å². The quantitative estimate of drug-likeness (QED) is 0.564. The normalized spacial score (nSPS) is 10.9. The van der Waals surface area contributed by atoms with Crippen LogP contribution in [-0.2, 0) is 16.0 Å². The predicted molar refractivity (Wildman–Crippen MR) is 122 cm³/mol. The summed E-state index contributed by atoms with van der Waals surface area (Å²) < 4.78 is 16.6. The Morgan fingerprint density at radius 2 is 1.90 bits per heavy atom. The van der Waals surface area contributed by atoms with Gasteiger partial charge in [0.25, 0.3) is 5.91 Å². The third-order valence-electron chi connectivity index (χ3n) is 4.29. The first-order valence-electron chi connectivity index (χ1n) is 9.92. The Kier molecular flexibility index (Phi) is 10.3. The molecule has 0 saturated carbocycles. The first kappa shape index (κ1) is 24.2. The van der Waals surface area contributed by atoms with E-state index in [9.17, 15) is 4.79 Å². The van der Waals surface area contributed by atoms with E-state index < -0.39 is 6.10 Å². The van der Waals surface area contributed by atoms with Gasteiger partial charge < -0.3 is 19.5 Å². The van der Waals surface area contributed by atoms with Crippen molar-refractivity contribution in [2.45, 2.75) is 25.9 Å². The van der Waals surface area contributed by atoms with Crippen molar-refractivity contribution < 1.29 is 19.0 Å². The zero-order valence-corrected chi connectivity index (χ0v) is 18.5. The topological polar surface area (TPSA) is 56.8 Å². The maximum Gasteiger partial charge on any atom is 0.253 e. The van der Waals surface area contributed by atoms with Crippen molar-refractivity contribution in [3.8, 4) is 35.7 Å². The third kappa shape index (κ3) is 7.90. The molecule has 0 spiro atoms. The number of halogens is 1. The molecule has 0 aliphatic carbocycles. The summed E-state index contributed by atoms with van der Waals surface area (Å²) in [5.74, 6) is 9.27. The summed E-state index contributed by atoms with van der Waals surface area (Å²) in [4.78, 5) is 12.7. The van der Waals surface area contributed by atoms with E-state index >= 15 is 0 Å². The molecule has 31 heavy (non-hydrogen) atoms. The molecule has 1 atom stereocenters. The van der Waals surface area contributed by atoms with Gasteiger partial charge in [-0.3, -0.25) is 4.79 Å². The highest BCUT2D eigenvalue weighted by Gasteiger charge is 2.21. The number of carbonyl (C=O) groups is 1. The van der Waals surface area contributed by atoms with Gasteiger partial charge in [0, 0.05) is 18.0 Å². The maximum absolute atomic E-state index is 12.7. The molecular weight excluding hydrogens is 414 g/mol. The third-order valence-corrected chi connectivity index (χ3v) is 4.54. The van der Waals surface area contributed by atoms with Crippen LogP contribution < -0.4 is 14.8 Å². The monoisotopic (exact) mass is 439 g/mol. The summed E-state index contributed by atoms with van der Waals surface area (Å²) in [5.41, 5.74) is 1.68. The highest BCUT2D eigenvalue weighted by Crippen LogP contribution is 2.28. The lowest BCUT2D eigenvalue weighted by molar-refractivity contribution is -0.132. The molecule has 1 amide bonds. The number of amides is 1. The van der Waals surface area contributed by atoms with Crippen LogP contribution in [0.1, 0.15) is 30.6 Å². The van der Waals surface area contributed by atoms with Crippen LogP contribution in [0.3, 0.4) is 0 Å². The molecule has 0 aromatic heterocycles. The second-order valence-electron chi connectivity index (χ2n) is 6.47. The van der Waals surface area contributed by atoms with Crippen LogP contribution in [0.5, 0.6) is 11.5 Å². The minimum absolute atomic E-state index is 0.0298. The van der Waals surface area contributed by atoms with Crippen LogP contribution in [-0.4, -0.2) is 32.8 Å². The lowest BCUT2D eigenvalue weighted by Gasteiger charge is -2.17. The van der Waals surface area contributed by atoms with Crippen LogP contribution in [0.15, 0.2) is 42.5 Å². The standard InChI is InChI=1S/C25H26ClNO4/c1-4-6-7-17-30-22-13-8-19(18-23(22)29-3)14-15-27-25(28)24(31-16-5-2)20-9-11-21(26)12-10-20/h2,8-13,18,24H,4,14-17H2,1,3H3,(H,27,28)/t24-/m0/s1. The number of hydrogen-bond acceptors (Lipinski definition) is 4. The summed E-state index contributed by atoms with van der Waals surface area (Å²) in [6.45, 7) is 2.75. The Bertz CT molecular complexity index is 954. The number of hydrogen-bond donors (Lipinski definition) is 1. The summed E-state index contributed by atoms with van der Waals surface area (Å²) in [5, 5.41) is 3.48. The molecule has 0 unspecified atom stereocenters. The molecule has 0 radical (unpaired) electrons. The van der Waals surface area contributed by atoms with Crippen molar-refractivity contribution in [1.29, 1.82) is 0 Å². The molecule has 6 heteroatoms. The van der Waals surface area contributed by atoms with Crippen molar-refractivity contribution in [1.82, 2.24) is 5.32 Å². The zero-order valence-electron chi connectivity index (χ0n) is 17.7. The average molecular weight is 440 g/mol. The van der Waals surface area contributed by atoms with Crippen molar-refractivity contribution >= 4 is 17.5 Å². The molecule has 0 aliphatic rings. The first-order chi connectivity index (χ1) is 15.1. The smallest absolute Gasteiger partial charge is 0.253 e. The highest BCUT2D eigenvalue weighted by atomic mass is 35.5. The van der Waals surface area contributed by atoms with Gasteiger partial charge >= 0.3 is 0 Å². The SMILES string of the molecule is C#CCO[C@H](C(=O)NCCc1ccc(OCC#CCC)c(OC)c1)c1ccc(Cl)cc1. The second kappa shape index (κ2) is 13.2. The van der Waals surface area contributed by atoms with Gasteiger partial charge in [0.1, 0.15) is 13.2 Å². The first-order valence-corrected chi connectivity index (χ1v) is 10.3. The van der Waals surface area contributed by atoms with E-state index in [1.54, 1.807) is 31.4 Å². The highest BCUT2D eigenvalue weighted by molar-refractivity contribution is 6.30. The Morgan fingerprint density at radius 3 is 2.58 bits per heavy atom. The van der Waals surface area contributed by atoms with Gasteiger partial charge in [0.2, 0.25) is 0 Å². The van der Waals surface area contributed by atoms with Crippen LogP contribution >= 0.6 is 11.6 Å². The molecule has 0 heterocycles. The van der Waals surface area contributed by atoms with Crippen molar-refractivity contribution in [3.05, 3.63) is 58.6 Å². The summed E-state index contributed by atoms with van der Waals surface area (Å²) in [6.07, 6.45) is 5.88. The number of rotatable bonds is 10. The summed E-state index contributed by atoms with van der Waals surface area (Å²) in [7, 11) is 1.59. The average Bonchev–Trinajstić information content (AvgIpc) is 2.78. The molecule has 2 aromatic carbocycles. The van der Waals surface area contributed by atoms with Gasteiger partial charge in [0.15, 0.2) is 17.6 Å². The lowest BCUT2D eigenvalue weighted by Crippen LogP contribution is -2.32. The number of benzene rings is 2. The molecular formula is C25H26ClNO4.